The number of nitrogens with zero attached hydrogens (tertiary/aromatic N) is 1. The van der Waals surface area contributed by atoms with Gasteiger partial charge in [-0.15, -0.1) is 0 Å². The molecule has 0 spiro atoms. The van der Waals surface area contributed by atoms with Gasteiger partial charge in [0.1, 0.15) is 5.75 Å². The van der Waals surface area contributed by atoms with Crippen molar-refractivity contribution >= 4 is 5.91 Å². The highest BCUT2D eigenvalue weighted by atomic mass is 16.5. The summed E-state index contributed by atoms with van der Waals surface area (Å²) in [5.41, 5.74) is 7.93. The number of fused-ring (bicyclic) bond motifs is 1. The third kappa shape index (κ3) is 3.51. The second kappa shape index (κ2) is 7.29. The van der Waals surface area contributed by atoms with E-state index in [0.29, 0.717) is 19.5 Å². The van der Waals surface area contributed by atoms with E-state index >= 15 is 0 Å². The summed E-state index contributed by atoms with van der Waals surface area (Å²) in [4.78, 5) is 14.2. The number of amides is 1. The predicted octanol–water partition coefficient (Wildman–Crippen LogP) is 2.10. The molecule has 1 aliphatic heterocycles. The van der Waals surface area contributed by atoms with E-state index in [4.69, 9.17) is 10.5 Å². The van der Waals surface area contributed by atoms with Crippen molar-refractivity contribution in [2.24, 2.45) is 5.73 Å². The van der Waals surface area contributed by atoms with Crippen LogP contribution in [-0.2, 0) is 17.8 Å². The highest BCUT2D eigenvalue weighted by Crippen LogP contribution is 2.28. The first-order valence-corrected chi connectivity index (χ1v) is 7.39. The maximum Gasteiger partial charge on any atom is 0.222 e. The minimum Gasteiger partial charge on any atom is -0.496 e. The van der Waals surface area contributed by atoms with Gasteiger partial charge in [-0.2, -0.15) is 0 Å². The van der Waals surface area contributed by atoms with Crippen LogP contribution in [0.3, 0.4) is 0 Å². The van der Waals surface area contributed by atoms with Gasteiger partial charge in [0, 0.05) is 25.1 Å². The Morgan fingerprint density at radius 3 is 2.95 bits per heavy atom. The highest BCUT2D eigenvalue weighted by molar-refractivity contribution is 5.76. The fourth-order valence-corrected chi connectivity index (χ4v) is 2.71. The normalized spacial score (nSPS) is 14.0. The zero-order valence-corrected chi connectivity index (χ0v) is 12.2. The number of carbonyl (C=O) groups is 1. The average Bonchev–Trinajstić information content (AvgIpc) is 2.50. The van der Waals surface area contributed by atoms with Crippen LogP contribution >= 0.6 is 0 Å². The van der Waals surface area contributed by atoms with E-state index in [9.17, 15) is 4.79 Å². The first kappa shape index (κ1) is 14.9. The molecule has 4 nitrogen and oxygen atoms in total. The van der Waals surface area contributed by atoms with Crippen molar-refractivity contribution in [3.63, 3.8) is 0 Å². The number of carbonyl (C=O) groups excluding carboxylic acids is 1. The number of methoxy groups -OCH3 is 1. The van der Waals surface area contributed by atoms with Crippen molar-refractivity contribution in [1.82, 2.24) is 4.90 Å². The van der Waals surface area contributed by atoms with Gasteiger partial charge in [-0.25, -0.2) is 0 Å². The zero-order chi connectivity index (χ0) is 14.4. The van der Waals surface area contributed by atoms with Crippen LogP contribution in [0.25, 0.3) is 0 Å². The van der Waals surface area contributed by atoms with Crippen molar-refractivity contribution in [2.45, 2.75) is 38.6 Å². The Bertz CT molecular complexity index is 446. The summed E-state index contributed by atoms with van der Waals surface area (Å²) in [6, 6.07) is 6.11. The molecule has 0 aromatic heterocycles. The lowest BCUT2D eigenvalue weighted by Crippen LogP contribution is -2.36. The van der Waals surface area contributed by atoms with Crippen molar-refractivity contribution in [1.29, 1.82) is 0 Å². The van der Waals surface area contributed by atoms with Crippen molar-refractivity contribution in [2.75, 3.05) is 20.2 Å². The maximum absolute atomic E-state index is 12.2. The number of nitrogens with two attached hydrogens (primary N) is 1. The van der Waals surface area contributed by atoms with Gasteiger partial charge in [-0.1, -0.05) is 18.6 Å². The largest absolute Gasteiger partial charge is 0.496 e. The molecule has 20 heavy (non-hydrogen) atoms. The van der Waals surface area contributed by atoms with Crippen LogP contribution in [0, 0.1) is 0 Å². The summed E-state index contributed by atoms with van der Waals surface area (Å²) in [7, 11) is 1.68. The number of benzene rings is 1. The van der Waals surface area contributed by atoms with E-state index in [2.05, 4.69) is 6.07 Å². The molecule has 1 amide bonds. The zero-order valence-electron chi connectivity index (χ0n) is 12.2. The van der Waals surface area contributed by atoms with Gasteiger partial charge < -0.3 is 15.4 Å². The van der Waals surface area contributed by atoms with Gasteiger partial charge in [0.05, 0.1) is 7.11 Å². The lowest BCUT2D eigenvalue weighted by molar-refractivity contribution is -0.132. The van der Waals surface area contributed by atoms with Crippen LogP contribution in [-0.4, -0.2) is 31.0 Å². The summed E-state index contributed by atoms with van der Waals surface area (Å²) in [5, 5.41) is 0. The quantitative estimate of drug-likeness (QED) is 0.810. The molecule has 0 unspecified atom stereocenters. The third-order valence-corrected chi connectivity index (χ3v) is 3.90. The van der Waals surface area contributed by atoms with E-state index in [1.54, 1.807) is 7.11 Å². The van der Waals surface area contributed by atoms with Gasteiger partial charge >= 0.3 is 0 Å². The first-order valence-electron chi connectivity index (χ1n) is 7.39. The third-order valence-electron chi connectivity index (χ3n) is 3.90. The summed E-state index contributed by atoms with van der Waals surface area (Å²) < 4.78 is 5.40. The van der Waals surface area contributed by atoms with E-state index < -0.39 is 0 Å². The molecule has 0 fully saturated rings. The Labute approximate surface area is 120 Å². The molecule has 110 valence electrons. The standard InChI is InChI=1S/C16H24N2O2/c1-20-15-7-5-6-13-9-11-18(12-14(13)15)16(19)8-3-2-4-10-17/h5-7H,2-4,8-12,17H2,1H3. The molecular formula is C16H24N2O2. The van der Waals surface area contributed by atoms with E-state index in [0.717, 1.165) is 43.5 Å². The molecule has 2 N–H and O–H groups in total. The molecule has 4 heteroatoms. The topological polar surface area (TPSA) is 55.6 Å². The summed E-state index contributed by atoms with van der Waals surface area (Å²) in [6.07, 6.45) is 4.52. The highest BCUT2D eigenvalue weighted by Gasteiger charge is 2.22. The van der Waals surface area contributed by atoms with Crippen LogP contribution < -0.4 is 10.5 Å². The SMILES string of the molecule is COc1cccc2c1CN(C(=O)CCCCCN)CC2. The molecule has 0 saturated heterocycles. The van der Waals surface area contributed by atoms with Crippen LogP contribution in [0.2, 0.25) is 0 Å². The molecule has 2 rings (SSSR count). The Kier molecular flexibility index (Phi) is 5.41. The van der Waals surface area contributed by atoms with Crippen molar-refractivity contribution in [3.8, 4) is 5.75 Å². The Morgan fingerprint density at radius 1 is 1.35 bits per heavy atom. The summed E-state index contributed by atoms with van der Waals surface area (Å²) in [6.45, 7) is 2.20. The number of hydrogen-bond donors (Lipinski definition) is 1. The summed E-state index contributed by atoms with van der Waals surface area (Å²) >= 11 is 0. The molecule has 1 aliphatic rings. The van der Waals surface area contributed by atoms with Gasteiger partial charge in [0.25, 0.3) is 0 Å². The number of unbranched alkanes of at least 4 members (excludes halogenated alkanes) is 2. The van der Waals surface area contributed by atoms with E-state index in [1.807, 2.05) is 17.0 Å². The Hall–Kier alpha value is -1.55. The second-order valence-corrected chi connectivity index (χ2v) is 5.26. The van der Waals surface area contributed by atoms with Crippen LogP contribution in [0.1, 0.15) is 36.8 Å². The smallest absolute Gasteiger partial charge is 0.222 e. The van der Waals surface area contributed by atoms with Gasteiger partial charge in [0.2, 0.25) is 5.91 Å². The first-order chi connectivity index (χ1) is 9.76. The fourth-order valence-electron chi connectivity index (χ4n) is 2.71. The monoisotopic (exact) mass is 276 g/mol. The molecule has 0 atom stereocenters. The van der Waals surface area contributed by atoms with E-state index in [-0.39, 0.29) is 5.91 Å². The molecule has 1 aromatic rings. The minimum atomic E-state index is 0.249. The predicted molar refractivity (Wildman–Crippen MR) is 79.6 cm³/mol. The second-order valence-electron chi connectivity index (χ2n) is 5.26. The Morgan fingerprint density at radius 2 is 2.20 bits per heavy atom. The molecule has 0 bridgehead atoms. The minimum absolute atomic E-state index is 0.249. The number of rotatable bonds is 6. The maximum atomic E-state index is 12.2. The van der Waals surface area contributed by atoms with Crippen LogP contribution in [0.15, 0.2) is 18.2 Å². The lowest BCUT2D eigenvalue weighted by Gasteiger charge is -2.30. The Balaban J connectivity index is 1.94. The average molecular weight is 276 g/mol. The van der Waals surface area contributed by atoms with Gasteiger partial charge in [-0.3, -0.25) is 4.79 Å². The summed E-state index contributed by atoms with van der Waals surface area (Å²) in [5.74, 6) is 1.14. The lowest BCUT2D eigenvalue weighted by atomic mass is 9.98. The molecule has 0 aliphatic carbocycles. The van der Waals surface area contributed by atoms with Crippen molar-refractivity contribution < 1.29 is 9.53 Å². The molecular weight excluding hydrogens is 252 g/mol. The van der Waals surface area contributed by atoms with E-state index in [1.165, 1.54) is 5.56 Å². The molecule has 0 saturated carbocycles. The number of hydrogen-bond acceptors (Lipinski definition) is 3. The van der Waals surface area contributed by atoms with Gasteiger partial charge in [0.15, 0.2) is 0 Å². The van der Waals surface area contributed by atoms with Crippen molar-refractivity contribution in [3.05, 3.63) is 29.3 Å². The van der Waals surface area contributed by atoms with Gasteiger partial charge in [-0.05, 0) is 37.4 Å². The fraction of sp³-hybridized carbons (Fsp3) is 0.562. The van der Waals surface area contributed by atoms with Crippen LogP contribution in [0.5, 0.6) is 5.75 Å². The molecule has 1 heterocycles. The number of ether oxygens (including phenoxy) is 1. The molecule has 1 aromatic carbocycles. The molecule has 0 radical (unpaired) electrons. The van der Waals surface area contributed by atoms with Crippen LogP contribution in [0.4, 0.5) is 0 Å².